The van der Waals surface area contributed by atoms with Gasteiger partial charge in [0, 0.05) is 19.3 Å². The van der Waals surface area contributed by atoms with Crippen LogP contribution in [0.2, 0.25) is 0 Å². The largest absolute Gasteiger partial charge is 0.477 e. The second-order valence-corrected chi connectivity index (χ2v) is 14.3. The lowest BCUT2D eigenvalue weighted by atomic mass is 10.1. The first-order chi connectivity index (χ1) is 24.1. The molecule has 0 aromatic carbocycles. The summed E-state index contributed by atoms with van der Waals surface area (Å²) in [5, 5.41) is 9.57. The number of hydrogen-bond donors (Lipinski definition) is 1. The maximum absolute atomic E-state index is 12.6. The maximum atomic E-state index is 12.6. The van der Waals surface area contributed by atoms with Crippen molar-refractivity contribution in [3.63, 3.8) is 0 Å². The fraction of sp³-hybridized carbons (Fsp3) is 0.738. The van der Waals surface area contributed by atoms with Crippen LogP contribution in [-0.2, 0) is 28.6 Å². The van der Waals surface area contributed by atoms with E-state index in [1.165, 1.54) is 51.4 Å². The van der Waals surface area contributed by atoms with E-state index in [0.717, 1.165) is 64.2 Å². The van der Waals surface area contributed by atoms with E-state index in [9.17, 15) is 19.5 Å². The van der Waals surface area contributed by atoms with Crippen LogP contribution in [0, 0.1) is 0 Å². The van der Waals surface area contributed by atoms with Gasteiger partial charge in [0.25, 0.3) is 0 Å². The number of rotatable bonds is 34. The van der Waals surface area contributed by atoms with Crippen molar-refractivity contribution >= 4 is 17.9 Å². The van der Waals surface area contributed by atoms with Gasteiger partial charge in [-0.15, -0.1) is 0 Å². The first kappa shape index (κ1) is 47.3. The number of aliphatic carboxylic acids is 1. The predicted molar refractivity (Wildman–Crippen MR) is 206 cm³/mol. The molecule has 0 aliphatic carbocycles. The molecule has 0 heterocycles. The first-order valence-corrected chi connectivity index (χ1v) is 19.7. The molecule has 0 radical (unpaired) electrons. The molecule has 2 unspecified atom stereocenters. The lowest BCUT2D eigenvalue weighted by Gasteiger charge is -2.31. The second kappa shape index (κ2) is 33.4. The van der Waals surface area contributed by atoms with E-state index < -0.39 is 18.1 Å². The summed E-state index contributed by atoms with van der Waals surface area (Å²) in [7, 11) is 5.50. The molecule has 0 amide bonds. The van der Waals surface area contributed by atoms with Crippen LogP contribution >= 0.6 is 0 Å². The van der Waals surface area contributed by atoms with Crippen molar-refractivity contribution in [1.29, 1.82) is 0 Å². The fourth-order valence-electron chi connectivity index (χ4n) is 5.45. The van der Waals surface area contributed by atoms with Crippen molar-refractivity contribution in [2.24, 2.45) is 0 Å². The molecule has 8 nitrogen and oxygen atoms in total. The molecule has 8 heteroatoms. The van der Waals surface area contributed by atoms with Gasteiger partial charge in [-0.2, -0.15) is 0 Å². The van der Waals surface area contributed by atoms with Crippen molar-refractivity contribution in [1.82, 2.24) is 0 Å². The smallest absolute Gasteiger partial charge is 0.362 e. The summed E-state index contributed by atoms with van der Waals surface area (Å²) in [6.45, 7) is 4.62. The molecule has 0 aliphatic heterocycles. The number of allylic oxidation sites excluding steroid dienone is 8. The van der Waals surface area contributed by atoms with Gasteiger partial charge in [-0.25, -0.2) is 4.79 Å². The summed E-state index contributed by atoms with van der Waals surface area (Å²) in [4.78, 5) is 36.7. The van der Waals surface area contributed by atoms with Gasteiger partial charge in [0.05, 0.1) is 34.4 Å². The van der Waals surface area contributed by atoms with E-state index in [-0.39, 0.29) is 36.2 Å². The molecule has 0 rings (SSSR count). The first-order valence-electron chi connectivity index (χ1n) is 19.7. The molecule has 1 N–H and O–H groups in total. The van der Waals surface area contributed by atoms with Crippen LogP contribution in [0.1, 0.15) is 149 Å². The number of unbranched alkanes of at least 4 members (excludes halogenated alkanes) is 15. The third kappa shape index (κ3) is 31.3. The van der Waals surface area contributed by atoms with Gasteiger partial charge in [-0.3, -0.25) is 9.59 Å². The Balaban J connectivity index is 4.43. The summed E-state index contributed by atoms with van der Waals surface area (Å²) >= 11 is 0. The number of carbonyl (C=O) groups excluding carboxylic acids is 2. The lowest BCUT2D eigenvalue weighted by Crippen LogP contribution is -2.50. The predicted octanol–water partition coefficient (Wildman–Crippen LogP) is 10.1. The maximum Gasteiger partial charge on any atom is 0.362 e. The zero-order valence-electron chi connectivity index (χ0n) is 32.6. The topological polar surface area (TPSA) is 99.1 Å². The van der Waals surface area contributed by atoms with Crippen LogP contribution in [0.15, 0.2) is 48.6 Å². The molecular formula is C42H74NO7+. The number of nitrogens with zero attached hydrogens (tertiary/aromatic N) is 1. The van der Waals surface area contributed by atoms with Gasteiger partial charge >= 0.3 is 17.9 Å². The normalized spacial score (nSPS) is 13.5. The zero-order chi connectivity index (χ0) is 37.1. The molecular weight excluding hydrogens is 630 g/mol. The Morgan fingerprint density at radius 2 is 1.06 bits per heavy atom. The van der Waals surface area contributed by atoms with Crippen LogP contribution in [0.4, 0.5) is 0 Å². The number of likely N-dealkylation sites (N-methyl/N-ethyl adjacent to an activating group) is 1. The fourth-order valence-corrected chi connectivity index (χ4v) is 5.45. The summed E-state index contributed by atoms with van der Waals surface area (Å²) < 4.78 is 17.1. The highest BCUT2D eigenvalue weighted by Crippen LogP contribution is 2.13. The molecule has 0 spiro atoms. The number of quaternary nitrogens is 1. The number of carboxylic acid groups (broad SMARTS) is 1. The molecule has 0 saturated heterocycles. The number of esters is 2. The number of ether oxygens (including phenoxy) is 3. The highest BCUT2D eigenvalue weighted by molar-refractivity contribution is 5.72. The third-order valence-corrected chi connectivity index (χ3v) is 8.58. The van der Waals surface area contributed by atoms with E-state index in [4.69, 9.17) is 14.2 Å². The standard InChI is InChI=1S/C42H73NO7/c1-6-8-10-12-14-16-17-18-19-20-21-22-23-24-25-27-29-31-33-41(45)50-38(36-48-35-34-39(42(46)47)43(3,4)5)37-49-40(44)32-30-28-26-15-13-11-9-7-2/h14,16-22,38-39H,6-13,15,23-37H2,1-5H3/p+1/b16-14+,18-17+,20-19+,22-21+. The third-order valence-electron chi connectivity index (χ3n) is 8.58. The van der Waals surface area contributed by atoms with Crippen molar-refractivity contribution in [2.45, 2.75) is 161 Å². The van der Waals surface area contributed by atoms with Crippen molar-refractivity contribution in [2.75, 3.05) is 41.0 Å². The molecule has 0 aromatic rings. The van der Waals surface area contributed by atoms with Crippen molar-refractivity contribution in [3.8, 4) is 0 Å². The van der Waals surface area contributed by atoms with Gasteiger partial charge in [0.2, 0.25) is 0 Å². The summed E-state index contributed by atoms with van der Waals surface area (Å²) in [5.74, 6) is -1.51. The number of carboxylic acids is 1. The highest BCUT2D eigenvalue weighted by atomic mass is 16.6. The molecule has 288 valence electrons. The van der Waals surface area contributed by atoms with Crippen molar-refractivity contribution < 1.29 is 38.2 Å². The summed E-state index contributed by atoms with van der Waals surface area (Å²) in [6.07, 6.45) is 37.2. The Hall–Kier alpha value is -2.71. The van der Waals surface area contributed by atoms with E-state index >= 15 is 0 Å². The van der Waals surface area contributed by atoms with Gasteiger partial charge < -0.3 is 23.8 Å². The molecule has 0 aliphatic rings. The summed E-state index contributed by atoms with van der Waals surface area (Å²) in [5.41, 5.74) is 0. The van der Waals surface area contributed by atoms with Gasteiger partial charge in [0.15, 0.2) is 12.1 Å². The molecule has 50 heavy (non-hydrogen) atoms. The Bertz CT molecular complexity index is 964. The lowest BCUT2D eigenvalue weighted by molar-refractivity contribution is -0.887. The minimum atomic E-state index is -0.882. The molecule has 0 saturated carbocycles. The van der Waals surface area contributed by atoms with Crippen LogP contribution in [-0.4, -0.2) is 80.6 Å². The van der Waals surface area contributed by atoms with E-state index in [1.807, 2.05) is 27.2 Å². The van der Waals surface area contributed by atoms with Gasteiger partial charge in [-0.05, 0) is 38.5 Å². The van der Waals surface area contributed by atoms with Crippen molar-refractivity contribution in [3.05, 3.63) is 48.6 Å². The Morgan fingerprint density at radius 1 is 0.600 bits per heavy atom. The van der Waals surface area contributed by atoms with Gasteiger partial charge in [-0.1, -0.05) is 140 Å². The Kier molecular flexibility index (Phi) is 31.6. The van der Waals surface area contributed by atoms with Crippen LogP contribution < -0.4 is 0 Å². The van der Waals surface area contributed by atoms with Crippen LogP contribution in [0.25, 0.3) is 0 Å². The van der Waals surface area contributed by atoms with Crippen LogP contribution in [0.3, 0.4) is 0 Å². The van der Waals surface area contributed by atoms with E-state index in [0.29, 0.717) is 19.3 Å². The van der Waals surface area contributed by atoms with E-state index in [2.05, 4.69) is 56.4 Å². The second-order valence-electron chi connectivity index (χ2n) is 14.3. The molecule has 2 atom stereocenters. The van der Waals surface area contributed by atoms with Crippen LogP contribution in [0.5, 0.6) is 0 Å². The minimum Gasteiger partial charge on any atom is -0.477 e. The molecule has 0 fully saturated rings. The minimum absolute atomic E-state index is 0.0510. The zero-order valence-corrected chi connectivity index (χ0v) is 32.6. The number of carbonyl (C=O) groups is 3. The average molecular weight is 705 g/mol. The SMILES string of the molecule is CCCCC/C=C/C=C/C=C/C=C/CCCCCCCC(=O)OC(COCCC(C(=O)O)[N+](C)(C)C)COC(=O)CCCCCCCCCC. The summed E-state index contributed by atoms with van der Waals surface area (Å²) in [6, 6.07) is -0.617. The Morgan fingerprint density at radius 3 is 1.60 bits per heavy atom. The Labute approximate surface area is 306 Å². The quantitative estimate of drug-likeness (QED) is 0.0308. The monoisotopic (exact) mass is 705 g/mol. The van der Waals surface area contributed by atoms with Gasteiger partial charge in [0.1, 0.15) is 6.61 Å². The highest BCUT2D eigenvalue weighted by Gasteiger charge is 2.31. The number of hydrogen-bond acceptors (Lipinski definition) is 6. The molecule has 0 aromatic heterocycles. The molecule has 0 bridgehead atoms. The average Bonchev–Trinajstić information content (AvgIpc) is 3.06. The van der Waals surface area contributed by atoms with E-state index in [1.54, 1.807) is 0 Å².